The van der Waals surface area contributed by atoms with Gasteiger partial charge in [0.25, 0.3) is 5.91 Å². The van der Waals surface area contributed by atoms with E-state index >= 15 is 0 Å². The first-order valence-electron chi connectivity index (χ1n) is 14.7. The van der Waals surface area contributed by atoms with Crippen LogP contribution >= 0.6 is 23.4 Å². The van der Waals surface area contributed by atoms with Crippen LogP contribution in [0, 0.1) is 12.8 Å². The zero-order valence-corrected chi connectivity index (χ0v) is 29.0. The highest BCUT2D eigenvalue weighted by Gasteiger charge is 2.24. The topological polar surface area (TPSA) is 88.8 Å². The molecular weight excluding hydrogens is 578 g/mol. The molecule has 0 atom stereocenters. The van der Waals surface area contributed by atoms with E-state index in [4.69, 9.17) is 16.3 Å². The van der Waals surface area contributed by atoms with Crippen LogP contribution in [0.3, 0.4) is 0 Å². The van der Waals surface area contributed by atoms with E-state index in [2.05, 4.69) is 59.5 Å². The summed E-state index contributed by atoms with van der Waals surface area (Å²) in [4.78, 5) is 30.7. The molecule has 43 heavy (non-hydrogen) atoms. The molecule has 2 aromatic heterocycles. The van der Waals surface area contributed by atoms with E-state index in [0.29, 0.717) is 32.8 Å². The maximum Gasteiger partial charge on any atom is 0.259 e. The molecule has 2 aromatic rings. The van der Waals surface area contributed by atoms with E-state index in [0.717, 1.165) is 40.0 Å². The molecule has 0 spiro atoms. The van der Waals surface area contributed by atoms with Gasteiger partial charge in [-0.1, -0.05) is 69.9 Å². The van der Waals surface area contributed by atoms with Crippen molar-refractivity contribution in [3.05, 3.63) is 76.6 Å². The molecule has 0 fully saturated rings. The predicted molar refractivity (Wildman–Crippen MR) is 186 cm³/mol. The number of nitrogens with zero attached hydrogens (tertiary/aromatic N) is 4. The lowest BCUT2D eigenvalue weighted by atomic mass is 10.0. The molecule has 0 aliphatic carbocycles. The number of aromatic nitrogens is 2. The molecule has 0 unspecified atom stereocenters. The van der Waals surface area contributed by atoms with Crippen LogP contribution in [-0.4, -0.2) is 33.2 Å². The van der Waals surface area contributed by atoms with Crippen molar-refractivity contribution >= 4 is 39.5 Å². The monoisotopic (exact) mass is 625 g/mol. The van der Waals surface area contributed by atoms with Crippen molar-refractivity contribution in [2.24, 2.45) is 15.9 Å². The van der Waals surface area contributed by atoms with E-state index in [1.165, 1.54) is 43.4 Å². The van der Waals surface area contributed by atoms with E-state index < -0.39 is 0 Å². The number of unbranched alkanes of at least 4 members (excludes halogenated alkanes) is 1. The van der Waals surface area contributed by atoms with Crippen molar-refractivity contribution in [1.29, 1.82) is 0 Å². The second kappa shape index (κ2) is 19.9. The first-order chi connectivity index (χ1) is 20.4. The van der Waals surface area contributed by atoms with Crippen LogP contribution in [0.2, 0.25) is 5.15 Å². The minimum absolute atomic E-state index is 0.297. The van der Waals surface area contributed by atoms with Gasteiger partial charge in [-0.25, -0.2) is 15.0 Å². The molecule has 7 nitrogen and oxygen atoms in total. The Bertz CT molecular complexity index is 1360. The van der Waals surface area contributed by atoms with Crippen molar-refractivity contribution in [2.75, 3.05) is 7.11 Å². The molecular formula is C34H48ClN5O2S. The molecule has 1 aliphatic heterocycles. The lowest BCUT2D eigenvalue weighted by molar-refractivity contribution is 0.0978. The molecule has 0 saturated heterocycles. The third-order valence-electron chi connectivity index (χ3n) is 6.20. The van der Waals surface area contributed by atoms with Crippen molar-refractivity contribution in [3.8, 4) is 16.9 Å². The minimum atomic E-state index is -0.343. The highest BCUT2D eigenvalue weighted by molar-refractivity contribution is 8.27. The first-order valence-corrected chi connectivity index (χ1v) is 15.9. The van der Waals surface area contributed by atoms with Gasteiger partial charge in [-0.05, 0) is 77.3 Å². The predicted octanol–water partition coefficient (Wildman–Crippen LogP) is 9.98. The fourth-order valence-corrected chi connectivity index (χ4v) is 4.36. The standard InChI is InChI=1S/C23H24ClN5O2S.C7H14.C4H10/c1-7-18-22(27-14(5)12(2)3)32-23(28-18)29-21(30)17-10-25-13(4)8-15(17)16-9-20(24)26-11-19(16)31-6;1-4-5-6-7(2)3;1-3-4-2/h7-11H,1-6H3,(H,28,29,30);4,7H,1,5-6H2,2-3H3;3-4H2,1-2H3/b18-7+,27-22?;;. The van der Waals surface area contributed by atoms with Crippen LogP contribution in [0.4, 0.5) is 0 Å². The number of aryl methyl sites for hydroxylation is 1. The quantitative estimate of drug-likeness (QED) is 0.233. The molecule has 234 valence electrons. The maximum absolute atomic E-state index is 13.2. The molecule has 0 saturated carbocycles. The van der Waals surface area contributed by atoms with Gasteiger partial charge < -0.3 is 10.1 Å². The van der Waals surface area contributed by atoms with Crippen LogP contribution in [0.1, 0.15) is 97.1 Å². The van der Waals surface area contributed by atoms with Crippen molar-refractivity contribution in [1.82, 2.24) is 15.3 Å². The van der Waals surface area contributed by atoms with E-state index in [-0.39, 0.29) is 5.91 Å². The number of methoxy groups -OCH3 is 1. The van der Waals surface area contributed by atoms with Crippen LogP contribution in [0.5, 0.6) is 5.75 Å². The Kier molecular flexibility index (Phi) is 17.5. The number of pyridine rings is 2. The molecule has 0 radical (unpaired) electrons. The Morgan fingerprint density at radius 1 is 1.14 bits per heavy atom. The number of amidine groups is 1. The average molecular weight is 626 g/mol. The van der Waals surface area contributed by atoms with Gasteiger partial charge in [-0.15, -0.1) is 6.58 Å². The third-order valence-corrected chi connectivity index (χ3v) is 7.29. The van der Waals surface area contributed by atoms with E-state index in [9.17, 15) is 4.79 Å². The van der Waals surface area contributed by atoms with Gasteiger partial charge in [0.1, 0.15) is 15.9 Å². The lowest BCUT2D eigenvalue weighted by Crippen LogP contribution is -2.28. The fourth-order valence-electron chi connectivity index (χ4n) is 3.28. The van der Waals surface area contributed by atoms with Crippen molar-refractivity contribution in [2.45, 2.75) is 88.0 Å². The van der Waals surface area contributed by atoms with Gasteiger partial charge >= 0.3 is 0 Å². The molecule has 9 heteroatoms. The van der Waals surface area contributed by atoms with Gasteiger partial charge in [-0.2, -0.15) is 0 Å². The smallest absolute Gasteiger partial charge is 0.259 e. The number of thioether (sulfide) groups is 1. The van der Waals surface area contributed by atoms with Gasteiger partial charge in [0.2, 0.25) is 0 Å². The van der Waals surface area contributed by atoms with E-state index in [1.54, 1.807) is 13.2 Å². The maximum atomic E-state index is 13.2. The summed E-state index contributed by atoms with van der Waals surface area (Å²) < 4.78 is 5.43. The highest BCUT2D eigenvalue weighted by Crippen LogP contribution is 2.34. The number of carbonyl (C=O) groups is 1. The number of ether oxygens (including phenoxy) is 1. The summed E-state index contributed by atoms with van der Waals surface area (Å²) in [6, 6.07) is 3.48. The van der Waals surface area contributed by atoms with Gasteiger partial charge in [-0.3, -0.25) is 9.78 Å². The lowest BCUT2D eigenvalue weighted by Gasteiger charge is -2.13. The number of amides is 1. The van der Waals surface area contributed by atoms with Crippen LogP contribution in [0.15, 0.2) is 70.2 Å². The molecule has 0 aromatic carbocycles. The van der Waals surface area contributed by atoms with Gasteiger partial charge in [0.05, 0.1) is 24.6 Å². The third kappa shape index (κ3) is 12.9. The summed E-state index contributed by atoms with van der Waals surface area (Å²) >= 11 is 7.43. The Hall–Kier alpha value is -3.23. The zero-order valence-electron chi connectivity index (χ0n) is 27.5. The molecule has 1 aliphatic rings. The number of carbonyl (C=O) groups excluding carboxylic acids is 1. The number of nitrogens with one attached hydrogen (secondary N) is 1. The van der Waals surface area contributed by atoms with Crippen LogP contribution in [-0.2, 0) is 0 Å². The summed E-state index contributed by atoms with van der Waals surface area (Å²) in [5.41, 5.74) is 5.16. The number of allylic oxidation sites excluding steroid dienone is 4. The Morgan fingerprint density at radius 3 is 2.33 bits per heavy atom. The molecule has 1 N–H and O–H groups in total. The first kappa shape index (κ1) is 37.8. The summed E-state index contributed by atoms with van der Waals surface area (Å²) in [5, 5.41) is 4.37. The average Bonchev–Trinajstić information content (AvgIpc) is 3.36. The normalized spacial score (nSPS) is 13.9. The SMILES string of the molecule is C/C=C1/N=C(NC(=O)c2cnc(C)cc2-c2cc(Cl)ncc2OC)SC1=NC(C)=C(C)C.C=CCCC(C)C.CCCC. The Labute approximate surface area is 268 Å². The van der Waals surface area contributed by atoms with Crippen molar-refractivity contribution < 1.29 is 9.53 Å². The molecule has 3 rings (SSSR count). The summed E-state index contributed by atoms with van der Waals surface area (Å²) in [6.45, 7) is 22.1. The molecule has 1 amide bonds. The number of aliphatic imine (C=N–C) groups is 2. The summed E-state index contributed by atoms with van der Waals surface area (Å²) in [7, 11) is 1.54. The number of hydrogen-bond acceptors (Lipinski definition) is 7. The van der Waals surface area contributed by atoms with E-state index in [1.807, 2.05) is 52.8 Å². The number of halogens is 1. The molecule has 0 bridgehead atoms. The second-order valence-corrected chi connectivity index (χ2v) is 11.9. The zero-order chi connectivity index (χ0) is 32.5. The van der Waals surface area contributed by atoms with Gasteiger partial charge in [0.15, 0.2) is 5.17 Å². The largest absolute Gasteiger partial charge is 0.494 e. The van der Waals surface area contributed by atoms with Gasteiger partial charge in [0, 0.05) is 28.7 Å². The Morgan fingerprint density at radius 2 is 1.81 bits per heavy atom. The second-order valence-electron chi connectivity index (χ2n) is 10.5. The minimum Gasteiger partial charge on any atom is -0.494 e. The number of hydrogen-bond donors (Lipinski definition) is 1. The highest BCUT2D eigenvalue weighted by atomic mass is 35.5. The number of rotatable bonds is 8. The van der Waals surface area contributed by atoms with Crippen molar-refractivity contribution in [3.63, 3.8) is 0 Å². The fraction of sp³-hybridized carbons (Fsp3) is 0.441. The van der Waals surface area contributed by atoms with Crippen LogP contribution in [0.25, 0.3) is 11.1 Å². The Balaban J connectivity index is 0.000000717. The summed E-state index contributed by atoms with van der Waals surface area (Å²) in [6.07, 6.45) is 12.0. The molecule has 3 heterocycles. The summed E-state index contributed by atoms with van der Waals surface area (Å²) in [5.74, 6) is 0.992. The van der Waals surface area contributed by atoms with Crippen LogP contribution < -0.4 is 10.1 Å².